The monoisotopic (exact) mass is 558 g/mol. The van der Waals surface area contributed by atoms with Gasteiger partial charge in [-0.1, -0.05) is 133 Å². The van der Waals surface area contributed by atoms with Gasteiger partial charge in [0, 0.05) is 6.21 Å². The van der Waals surface area contributed by atoms with Gasteiger partial charge in [-0.25, -0.2) is 4.39 Å². The van der Waals surface area contributed by atoms with Crippen molar-refractivity contribution in [1.29, 1.82) is 0 Å². The van der Waals surface area contributed by atoms with Crippen LogP contribution < -0.4 is 0 Å². The highest BCUT2D eigenvalue weighted by Crippen LogP contribution is 2.52. The van der Waals surface area contributed by atoms with E-state index in [1.807, 2.05) is 32.2 Å². The van der Waals surface area contributed by atoms with Crippen molar-refractivity contribution in [2.24, 2.45) is 28.2 Å². The quantitative estimate of drug-likeness (QED) is 0.169. The largest absolute Gasteiger partial charge is 0.262 e. The zero-order valence-corrected chi connectivity index (χ0v) is 28.8. The smallest absolute Gasteiger partial charge is 0.126 e. The van der Waals surface area contributed by atoms with E-state index in [1.54, 1.807) is 6.92 Å². The average molecular weight is 558 g/mol. The first-order valence-corrected chi connectivity index (χ1v) is 16.6. The van der Waals surface area contributed by atoms with Crippen molar-refractivity contribution in [3.63, 3.8) is 0 Å². The first kappa shape index (κ1) is 40.4. The molecule has 2 rings (SSSR count). The molecule has 0 amide bonds. The molecule has 0 aliphatic heterocycles. The molecule has 3 atom stereocenters. The Morgan fingerprint density at radius 2 is 1.70 bits per heavy atom. The van der Waals surface area contributed by atoms with Crippen LogP contribution in [0.3, 0.4) is 0 Å². The highest BCUT2D eigenvalue weighted by Gasteiger charge is 2.41. The molecule has 0 bridgehead atoms. The number of unbranched alkanes of at least 4 members (excludes halogenated alkanes) is 2. The molecule has 40 heavy (non-hydrogen) atoms. The van der Waals surface area contributed by atoms with E-state index >= 15 is 0 Å². The molecule has 2 heteroatoms. The highest BCUT2D eigenvalue weighted by atomic mass is 19.1. The van der Waals surface area contributed by atoms with Crippen molar-refractivity contribution in [3.05, 3.63) is 59.6 Å². The lowest BCUT2D eigenvalue weighted by Crippen LogP contribution is -2.20. The van der Waals surface area contributed by atoms with Crippen molar-refractivity contribution in [2.75, 3.05) is 0 Å². The van der Waals surface area contributed by atoms with Gasteiger partial charge in [-0.15, -0.1) is 0 Å². The molecule has 232 valence electrons. The van der Waals surface area contributed by atoms with Gasteiger partial charge in [0.25, 0.3) is 0 Å². The third-order valence-electron chi connectivity index (χ3n) is 8.21. The number of aryl methyl sites for hydroxylation is 2. The highest BCUT2D eigenvalue weighted by molar-refractivity contribution is 5.59. The Balaban J connectivity index is 0. The minimum atomic E-state index is -0.114. The zero-order valence-electron chi connectivity index (χ0n) is 28.8. The Labute approximate surface area is 251 Å². The molecule has 0 aromatic heterocycles. The Kier molecular flexibility index (Phi) is 24.2. The lowest BCUT2D eigenvalue weighted by atomic mass is 9.75. The second kappa shape index (κ2) is 24.0. The Hall–Kier alpha value is -1.70. The van der Waals surface area contributed by atoms with Gasteiger partial charge in [-0.2, -0.15) is 0 Å². The van der Waals surface area contributed by atoms with Crippen LogP contribution in [0.25, 0.3) is 0 Å². The number of benzene rings is 1. The molecule has 1 saturated carbocycles. The maximum atomic E-state index is 12.6. The van der Waals surface area contributed by atoms with E-state index in [1.165, 1.54) is 69.4 Å². The predicted molar refractivity (Wildman–Crippen MR) is 182 cm³/mol. The first-order chi connectivity index (χ1) is 19.0. The van der Waals surface area contributed by atoms with Crippen LogP contribution in [0.2, 0.25) is 0 Å². The normalized spacial score (nSPS) is 19.7. The van der Waals surface area contributed by atoms with E-state index in [4.69, 9.17) is 0 Å². The van der Waals surface area contributed by atoms with Gasteiger partial charge in [-0.3, -0.25) is 4.99 Å². The van der Waals surface area contributed by atoms with Crippen molar-refractivity contribution in [2.45, 2.75) is 153 Å². The van der Waals surface area contributed by atoms with Gasteiger partial charge in [0.1, 0.15) is 5.82 Å². The van der Waals surface area contributed by atoms with Crippen LogP contribution in [-0.4, -0.2) is 6.21 Å². The van der Waals surface area contributed by atoms with Gasteiger partial charge >= 0.3 is 0 Å². The summed E-state index contributed by atoms with van der Waals surface area (Å²) in [5.41, 5.74) is 4.48. The molecule has 2 unspecified atom stereocenters. The summed E-state index contributed by atoms with van der Waals surface area (Å²) in [5.74, 6) is 2.46. The van der Waals surface area contributed by atoms with Gasteiger partial charge in [0.05, 0.1) is 5.70 Å². The molecule has 1 nitrogen and oxygen atoms in total. The Morgan fingerprint density at radius 1 is 1.07 bits per heavy atom. The molecule has 0 saturated heterocycles. The van der Waals surface area contributed by atoms with E-state index in [0.29, 0.717) is 5.41 Å². The lowest BCUT2D eigenvalue weighted by molar-refractivity contribution is 0.202. The van der Waals surface area contributed by atoms with Crippen LogP contribution in [0, 0.1) is 35.9 Å². The standard InChI is InChI=1S/C20H35N.C9H11F.C7H16.C2H6/c1-7-10-11-19-14-18(15-20(19,6)9-3)13-16(4)17(5)21-12-8-2;1-3-8-4-5-9(10)7(2)6-8;1-4-5-6-7(2)3;1-2/h12,18-19H,4-5,7-11,13-15H2,1-3,6H3;4-6H,3H2,1-2H3;7H,4-6H2,1-3H3;1-2H3/t18?,19?,20-;;;/m0.../s1. The van der Waals surface area contributed by atoms with Crippen LogP contribution in [0.4, 0.5) is 4.39 Å². The number of hydrogen-bond acceptors (Lipinski definition) is 1. The maximum Gasteiger partial charge on any atom is 0.126 e. The fraction of sp³-hybridized carbons (Fsp3) is 0.711. The molecule has 1 aliphatic carbocycles. The fourth-order valence-corrected chi connectivity index (χ4v) is 5.40. The molecule has 0 N–H and O–H groups in total. The third kappa shape index (κ3) is 17.2. The van der Waals surface area contributed by atoms with Crippen LogP contribution in [0.5, 0.6) is 0 Å². The number of hydrogen-bond donors (Lipinski definition) is 0. The number of allylic oxidation sites excluding steroid dienone is 1. The Bertz CT molecular complexity index is 821. The van der Waals surface area contributed by atoms with Gasteiger partial charge in [0.2, 0.25) is 0 Å². The van der Waals surface area contributed by atoms with E-state index < -0.39 is 0 Å². The topological polar surface area (TPSA) is 12.4 Å². The lowest BCUT2D eigenvalue weighted by Gasteiger charge is -2.30. The van der Waals surface area contributed by atoms with Crippen molar-refractivity contribution in [1.82, 2.24) is 0 Å². The molecule has 1 aromatic rings. The average Bonchev–Trinajstić information content (AvgIpc) is 3.27. The molecule has 0 spiro atoms. The Morgan fingerprint density at radius 3 is 2.15 bits per heavy atom. The van der Waals surface area contributed by atoms with Crippen molar-refractivity contribution >= 4 is 6.21 Å². The summed E-state index contributed by atoms with van der Waals surface area (Å²) >= 11 is 0. The minimum absolute atomic E-state index is 0.114. The summed E-state index contributed by atoms with van der Waals surface area (Å²) in [7, 11) is 0. The third-order valence-corrected chi connectivity index (χ3v) is 8.21. The molecule has 0 radical (unpaired) electrons. The van der Waals surface area contributed by atoms with Crippen LogP contribution in [0.15, 0.2) is 47.6 Å². The van der Waals surface area contributed by atoms with Gasteiger partial charge in [0.15, 0.2) is 0 Å². The SMILES string of the molecule is C=C(CC1CC(CCCC)[C@@](C)(CC)C1)C(=C)N=CCC.CC.CCCCC(C)C.CCc1ccc(F)c(C)c1. The minimum Gasteiger partial charge on any atom is -0.262 e. The first-order valence-electron chi connectivity index (χ1n) is 16.6. The summed E-state index contributed by atoms with van der Waals surface area (Å²) in [6.45, 7) is 32.2. The summed E-state index contributed by atoms with van der Waals surface area (Å²) < 4.78 is 12.6. The number of rotatable bonds is 13. The molecule has 1 aliphatic rings. The molecule has 1 fully saturated rings. The van der Waals surface area contributed by atoms with Crippen molar-refractivity contribution < 1.29 is 4.39 Å². The maximum absolute atomic E-state index is 12.6. The summed E-state index contributed by atoms with van der Waals surface area (Å²) in [5, 5.41) is 0. The van der Waals surface area contributed by atoms with Crippen LogP contribution in [0.1, 0.15) is 151 Å². The van der Waals surface area contributed by atoms with Crippen LogP contribution >= 0.6 is 0 Å². The van der Waals surface area contributed by atoms with E-state index in [0.717, 1.165) is 53.8 Å². The number of nitrogens with zero attached hydrogens (tertiary/aromatic N) is 1. The van der Waals surface area contributed by atoms with E-state index in [-0.39, 0.29) is 5.82 Å². The molecule has 0 heterocycles. The van der Waals surface area contributed by atoms with E-state index in [9.17, 15) is 4.39 Å². The van der Waals surface area contributed by atoms with Crippen molar-refractivity contribution in [3.8, 4) is 0 Å². The second-order valence-electron chi connectivity index (χ2n) is 12.1. The molecular formula is C38H68FN. The van der Waals surface area contributed by atoms with Gasteiger partial charge in [-0.05, 0) is 91.4 Å². The summed E-state index contributed by atoms with van der Waals surface area (Å²) in [6.07, 6.45) is 17.2. The predicted octanol–water partition coefficient (Wildman–Crippen LogP) is 13.1. The van der Waals surface area contributed by atoms with Gasteiger partial charge < -0.3 is 0 Å². The zero-order chi connectivity index (χ0) is 31.1. The molecule has 1 aromatic carbocycles. The fourth-order valence-electron chi connectivity index (χ4n) is 5.40. The summed E-state index contributed by atoms with van der Waals surface area (Å²) in [4.78, 5) is 4.39. The molecular weight excluding hydrogens is 489 g/mol. The summed E-state index contributed by atoms with van der Waals surface area (Å²) in [6, 6.07) is 5.23. The number of aliphatic imine (C=N–C) groups is 1. The van der Waals surface area contributed by atoms with Crippen LogP contribution in [-0.2, 0) is 6.42 Å². The van der Waals surface area contributed by atoms with E-state index in [2.05, 4.69) is 73.5 Å². The second-order valence-corrected chi connectivity index (χ2v) is 12.1. The number of halogens is 1.